The Morgan fingerprint density at radius 3 is 3.21 bits per heavy atom. The zero-order chi connectivity index (χ0) is 13.5. The predicted octanol–water partition coefficient (Wildman–Crippen LogP) is 2.09. The molecule has 2 atom stereocenters. The third kappa shape index (κ3) is 4.23. The smallest absolute Gasteiger partial charge is 0.120 e. The normalized spacial score (nSPS) is 19.9. The van der Waals surface area contributed by atoms with Crippen LogP contribution in [0.25, 0.3) is 0 Å². The van der Waals surface area contributed by atoms with Crippen molar-refractivity contribution in [3.05, 3.63) is 29.8 Å². The molecule has 2 unspecified atom stereocenters. The Kier molecular flexibility index (Phi) is 5.20. The Morgan fingerprint density at radius 1 is 1.58 bits per heavy atom. The summed E-state index contributed by atoms with van der Waals surface area (Å²) in [5, 5.41) is 12.2. The molecule has 0 saturated carbocycles. The molecule has 2 rings (SSSR count). The minimum absolute atomic E-state index is 0.335. The highest BCUT2D eigenvalue weighted by Crippen LogP contribution is 2.15. The second-order valence-electron chi connectivity index (χ2n) is 4.78. The highest BCUT2D eigenvalue weighted by molar-refractivity contribution is 5.36. The summed E-state index contributed by atoms with van der Waals surface area (Å²) in [6.07, 6.45) is 2.63. The van der Waals surface area contributed by atoms with Crippen molar-refractivity contribution in [3.8, 4) is 11.8 Å². The number of hydrogen-bond acceptors (Lipinski definition) is 4. The molecule has 19 heavy (non-hydrogen) atoms. The summed E-state index contributed by atoms with van der Waals surface area (Å²) in [5.41, 5.74) is 0.623. The van der Waals surface area contributed by atoms with Gasteiger partial charge in [-0.25, -0.2) is 0 Å². The number of nitriles is 1. The van der Waals surface area contributed by atoms with E-state index < -0.39 is 0 Å². The number of nitrogens with zero attached hydrogens (tertiary/aromatic N) is 1. The zero-order valence-electron chi connectivity index (χ0n) is 11.3. The van der Waals surface area contributed by atoms with Gasteiger partial charge in [0.1, 0.15) is 12.4 Å². The first kappa shape index (κ1) is 13.9. The van der Waals surface area contributed by atoms with Gasteiger partial charge < -0.3 is 14.8 Å². The van der Waals surface area contributed by atoms with Crippen molar-refractivity contribution in [2.45, 2.75) is 31.9 Å². The second kappa shape index (κ2) is 7.13. The van der Waals surface area contributed by atoms with Crippen LogP contribution >= 0.6 is 0 Å². The molecule has 0 aliphatic carbocycles. The molecule has 0 aromatic heterocycles. The van der Waals surface area contributed by atoms with Gasteiger partial charge in [-0.05, 0) is 38.0 Å². The lowest BCUT2D eigenvalue weighted by atomic mass is 10.1. The summed E-state index contributed by atoms with van der Waals surface area (Å²) >= 11 is 0. The highest BCUT2D eigenvalue weighted by atomic mass is 16.5. The summed E-state index contributed by atoms with van der Waals surface area (Å²) in [6, 6.07) is 9.68. The molecule has 4 heteroatoms. The largest absolute Gasteiger partial charge is 0.492 e. The molecule has 0 bridgehead atoms. The van der Waals surface area contributed by atoms with E-state index in [1.807, 2.05) is 12.1 Å². The molecule has 0 spiro atoms. The van der Waals surface area contributed by atoms with Crippen LogP contribution in [0.4, 0.5) is 0 Å². The fourth-order valence-corrected chi connectivity index (χ4v) is 2.24. The Hall–Kier alpha value is -1.57. The van der Waals surface area contributed by atoms with E-state index in [0.29, 0.717) is 24.3 Å². The van der Waals surface area contributed by atoms with Crippen molar-refractivity contribution in [1.82, 2.24) is 5.32 Å². The van der Waals surface area contributed by atoms with Crippen molar-refractivity contribution in [3.63, 3.8) is 0 Å². The number of benzene rings is 1. The van der Waals surface area contributed by atoms with Crippen LogP contribution in [0.5, 0.6) is 5.75 Å². The van der Waals surface area contributed by atoms with Crippen LogP contribution in [0, 0.1) is 11.3 Å². The van der Waals surface area contributed by atoms with Gasteiger partial charge in [0, 0.05) is 19.2 Å². The molecule has 4 nitrogen and oxygen atoms in total. The lowest BCUT2D eigenvalue weighted by Gasteiger charge is -2.20. The third-order valence-corrected chi connectivity index (χ3v) is 3.32. The molecule has 1 fully saturated rings. The SMILES string of the molecule is CC(NCCOc1cccc(C#N)c1)C1CCCO1. The molecule has 1 aliphatic rings. The zero-order valence-corrected chi connectivity index (χ0v) is 11.3. The van der Waals surface area contributed by atoms with Crippen molar-refractivity contribution in [2.75, 3.05) is 19.8 Å². The fraction of sp³-hybridized carbons (Fsp3) is 0.533. The van der Waals surface area contributed by atoms with E-state index in [1.54, 1.807) is 12.1 Å². The Bertz CT molecular complexity index is 436. The van der Waals surface area contributed by atoms with E-state index in [1.165, 1.54) is 0 Å². The number of nitrogens with one attached hydrogen (secondary N) is 1. The van der Waals surface area contributed by atoms with Gasteiger partial charge in [0.2, 0.25) is 0 Å². The van der Waals surface area contributed by atoms with Crippen LogP contribution < -0.4 is 10.1 Å². The Balaban J connectivity index is 1.67. The molecular weight excluding hydrogens is 240 g/mol. The van der Waals surface area contributed by atoms with E-state index in [9.17, 15) is 0 Å². The summed E-state index contributed by atoms with van der Waals surface area (Å²) in [6.45, 7) is 4.39. The van der Waals surface area contributed by atoms with Crippen molar-refractivity contribution >= 4 is 0 Å². The fourth-order valence-electron chi connectivity index (χ4n) is 2.24. The van der Waals surface area contributed by atoms with Crippen LogP contribution in [-0.4, -0.2) is 31.9 Å². The Labute approximate surface area is 114 Å². The first-order chi connectivity index (χ1) is 9.29. The Morgan fingerprint density at radius 2 is 2.47 bits per heavy atom. The molecule has 102 valence electrons. The maximum atomic E-state index is 8.80. The van der Waals surface area contributed by atoms with E-state index >= 15 is 0 Å². The molecule has 0 radical (unpaired) electrons. The minimum Gasteiger partial charge on any atom is -0.492 e. The van der Waals surface area contributed by atoms with E-state index in [4.69, 9.17) is 14.7 Å². The van der Waals surface area contributed by atoms with Gasteiger partial charge in [-0.3, -0.25) is 0 Å². The molecule has 1 heterocycles. The molecule has 1 aliphatic heterocycles. The first-order valence-corrected chi connectivity index (χ1v) is 6.77. The summed E-state index contributed by atoms with van der Waals surface area (Å²) < 4.78 is 11.2. The van der Waals surface area contributed by atoms with Gasteiger partial charge in [0.25, 0.3) is 0 Å². The molecule has 1 saturated heterocycles. The molecular formula is C15H20N2O2. The topological polar surface area (TPSA) is 54.3 Å². The molecule has 1 aromatic carbocycles. The number of ether oxygens (including phenoxy) is 2. The number of hydrogen-bond donors (Lipinski definition) is 1. The van der Waals surface area contributed by atoms with E-state index in [0.717, 1.165) is 31.7 Å². The monoisotopic (exact) mass is 260 g/mol. The summed E-state index contributed by atoms with van der Waals surface area (Å²) in [7, 11) is 0. The minimum atomic E-state index is 0.335. The molecule has 0 amide bonds. The standard InChI is InChI=1S/C15H20N2O2/c1-12(15-6-3-8-19-15)17-7-9-18-14-5-2-4-13(10-14)11-16/h2,4-5,10,12,15,17H,3,6-9H2,1H3. The lowest BCUT2D eigenvalue weighted by Crippen LogP contribution is -2.39. The first-order valence-electron chi connectivity index (χ1n) is 6.77. The molecule has 1 N–H and O–H groups in total. The average Bonchev–Trinajstić information content (AvgIpc) is 2.98. The van der Waals surface area contributed by atoms with Gasteiger partial charge >= 0.3 is 0 Å². The molecule has 1 aromatic rings. The van der Waals surface area contributed by atoms with Crippen molar-refractivity contribution in [1.29, 1.82) is 5.26 Å². The van der Waals surface area contributed by atoms with Gasteiger partial charge in [0.15, 0.2) is 0 Å². The van der Waals surface area contributed by atoms with Gasteiger partial charge in [-0.1, -0.05) is 6.07 Å². The second-order valence-corrected chi connectivity index (χ2v) is 4.78. The lowest BCUT2D eigenvalue weighted by molar-refractivity contribution is 0.0824. The average molecular weight is 260 g/mol. The summed E-state index contributed by atoms with van der Waals surface area (Å²) in [5.74, 6) is 0.741. The quantitative estimate of drug-likeness (QED) is 0.796. The van der Waals surface area contributed by atoms with Crippen LogP contribution in [0.1, 0.15) is 25.3 Å². The highest BCUT2D eigenvalue weighted by Gasteiger charge is 2.21. The maximum absolute atomic E-state index is 8.80. The van der Waals surface area contributed by atoms with Gasteiger partial charge in [-0.15, -0.1) is 0 Å². The van der Waals surface area contributed by atoms with Gasteiger partial charge in [0.05, 0.1) is 17.7 Å². The third-order valence-electron chi connectivity index (χ3n) is 3.32. The maximum Gasteiger partial charge on any atom is 0.120 e. The predicted molar refractivity (Wildman–Crippen MR) is 73.1 cm³/mol. The van der Waals surface area contributed by atoms with Crippen LogP contribution in [0.2, 0.25) is 0 Å². The number of rotatable bonds is 6. The van der Waals surface area contributed by atoms with E-state index in [-0.39, 0.29) is 0 Å². The summed E-state index contributed by atoms with van der Waals surface area (Å²) in [4.78, 5) is 0. The van der Waals surface area contributed by atoms with Gasteiger partial charge in [-0.2, -0.15) is 5.26 Å². The van der Waals surface area contributed by atoms with E-state index in [2.05, 4.69) is 18.3 Å². The van der Waals surface area contributed by atoms with Crippen molar-refractivity contribution < 1.29 is 9.47 Å². The van der Waals surface area contributed by atoms with Crippen LogP contribution in [-0.2, 0) is 4.74 Å². The van der Waals surface area contributed by atoms with Crippen molar-refractivity contribution in [2.24, 2.45) is 0 Å². The van der Waals surface area contributed by atoms with Crippen LogP contribution in [0.3, 0.4) is 0 Å². The van der Waals surface area contributed by atoms with Crippen LogP contribution in [0.15, 0.2) is 24.3 Å².